The first-order chi connectivity index (χ1) is 11.4. The first-order valence-corrected chi connectivity index (χ1v) is 8.74. The van der Waals surface area contributed by atoms with Crippen LogP contribution in [0, 0.1) is 0 Å². The zero-order chi connectivity index (χ0) is 15.5. The van der Waals surface area contributed by atoms with Crippen LogP contribution in [0.4, 0.5) is 11.4 Å². The fourth-order valence-corrected chi connectivity index (χ4v) is 3.71. The van der Waals surface area contributed by atoms with Gasteiger partial charge in [0.15, 0.2) is 0 Å². The van der Waals surface area contributed by atoms with Crippen molar-refractivity contribution in [1.82, 2.24) is 0 Å². The van der Waals surface area contributed by atoms with E-state index in [0.717, 1.165) is 11.6 Å². The SMILES string of the molecule is c1ccc2cc(Nc3ccc(C4CCCCC4)cc3)ccc2c1. The van der Waals surface area contributed by atoms with Gasteiger partial charge in [0.1, 0.15) is 0 Å². The molecule has 23 heavy (non-hydrogen) atoms. The smallest absolute Gasteiger partial charge is 0.0390 e. The average molecular weight is 301 g/mol. The highest BCUT2D eigenvalue weighted by atomic mass is 14.9. The minimum Gasteiger partial charge on any atom is -0.356 e. The highest BCUT2D eigenvalue weighted by molar-refractivity contribution is 5.86. The van der Waals surface area contributed by atoms with Gasteiger partial charge in [-0.2, -0.15) is 0 Å². The predicted molar refractivity (Wildman–Crippen MR) is 99.5 cm³/mol. The minimum atomic E-state index is 0.776. The van der Waals surface area contributed by atoms with Crippen LogP contribution in [0.15, 0.2) is 66.7 Å². The molecule has 4 rings (SSSR count). The number of rotatable bonds is 3. The summed E-state index contributed by atoms with van der Waals surface area (Å²) in [5.74, 6) is 0.776. The fourth-order valence-electron chi connectivity index (χ4n) is 3.71. The number of hydrogen-bond donors (Lipinski definition) is 1. The predicted octanol–water partition coefficient (Wildman–Crippen LogP) is 6.63. The first kappa shape index (κ1) is 14.3. The van der Waals surface area contributed by atoms with E-state index in [4.69, 9.17) is 0 Å². The van der Waals surface area contributed by atoms with Crippen LogP contribution in [-0.4, -0.2) is 0 Å². The van der Waals surface area contributed by atoms with Crippen LogP contribution in [-0.2, 0) is 0 Å². The normalized spacial score (nSPS) is 15.7. The Hall–Kier alpha value is -2.28. The van der Waals surface area contributed by atoms with Crippen molar-refractivity contribution in [1.29, 1.82) is 0 Å². The Balaban J connectivity index is 1.51. The van der Waals surface area contributed by atoms with Crippen molar-refractivity contribution in [2.24, 2.45) is 0 Å². The van der Waals surface area contributed by atoms with Gasteiger partial charge in [-0.25, -0.2) is 0 Å². The molecule has 0 amide bonds. The van der Waals surface area contributed by atoms with Crippen LogP contribution in [0.3, 0.4) is 0 Å². The van der Waals surface area contributed by atoms with E-state index in [1.54, 1.807) is 0 Å². The Kier molecular flexibility index (Phi) is 4.02. The maximum absolute atomic E-state index is 3.53. The second-order valence-electron chi connectivity index (χ2n) is 6.64. The van der Waals surface area contributed by atoms with Crippen molar-refractivity contribution in [3.05, 3.63) is 72.3 Å². The van der Waals surface area contributed by atoms with E-state index in [1.807, 2.05) is 0 Å². The summed E-state index contributed by atoms with van der Waals surface area (Å²) in [4.78, 5) is 0. The molecule has 0 atom stereocenters. The standard InChI is InChI=1S/C22H23N/c1-2-6-17(7-3-1)19-10-13-21(14-11-19)23-22-15-12-18-8-4-5-9-20(18)16-22/h4-5,8-17,23H,1-3,6-7H2. The van der Waals surface area contributed by atoms with Crippen molar-refractivity contribution in [2.75, 3.05) is 5.32 Å². The third-order valence-corrected chi connectivity index (χ3v) is 5.03. The van der Waals surface area contributed by atoms with Gasteiger partial charge in [0.2, 0.25) is 0 Å². The van der Waals surface area contributed by atoms with E-state index in [0.29, 0.717) is 0 Å². The highest BCUT2D eigenvalue weighted by Crippen LogP contribution is 2.33. The Morgan fingerprint density at radius 3 is 2.13 bits per heavy atom. The van der Waals surface area contributed by atoms with Crippen molar-refractivity contribution in [2.45, 2.75) is 38.0 Å². The average Bonchev–Trinajstić information content (AvgIpc) is 2.63. The van der Waals surface area contributed by atoms with Crippen LogP contribution in [0.25, 0.3) is 10.8 Å². The summed E-state index contributed by atoms with van der Waals surface area (Å²) < 4.78 is 0. The van der Waals surface area contributed by atoms with E-state index < -0.39 is 0 Å². The van der Waals surface area contributed by atoms with Crippen molar-refractivity contribution in [3.8, 4) is 0 Å². The van der Waals surface area contributed by atoms with Gasteiger partial charge < -0.3 is 5.32 Å². The van der Waals surface area contributed by atoms with E-state index in [1.165, 1.54) is 54.1 Å². The van der Waals surface area contributed by atoms with Crippen LogP contribution in [0.1, 0.15) is 43.6 Å². The van der Waals surface area contributed by atoms with Gasteiger partial charge in [-0.1, -0.05) is 61.7 Å². The molecule has 0 heterocycles. The third-order valence-electron chi connectivity index (χ3n) is 5.03. The largest absolute Gasteiger partial charge is 0.356 e. The molecule has 1 N–H and O–H groups in total. The molecule has 1 fully saturated rings. The summed E-state index contributed by atoms with van der Waals surface area (Å²) >= 11 is 0. The lowest BCUT2D eigenvalue weighted by molar-refractivity contribution is 0.443. The second kappa shape index (κ2) is 6.45. The molecule has 0 unspecified atom stereocenters. The number of hydrogen-bond acceptors (Lipinski definition) is 1. The Morgan fingerprint density at radius 1 is 0.652 bits per heavy atom. The van der Waals surface area contributed by atoms with Gasteiger partial charge in [0.25, 0.3) is 0 Å². The molecule has 0 aromatic heterocycles. The molecular weight excluding hydrogens is 278 g/mol. The Labute approximate surface area is 138 Å². The van der Waals surface area contributed by atoms with Gasteiger partial charge in [0, 0.05) is 11.4 Å². The summed E-state index contributed by atoms with van der Waals surface area (Å²) in [6.45, 7) is 0. The van der Waals surface area contributed by atoms with E-state index in [2.05, 4.69) is 72.0 Å². The van der Waals surface area contributed by atoms with Crippen molar-refractivity contribution in [3.63, 3.8) is 0 Å². The summed E-state index contributed by atoms with van der Waals surface area (Å²) in [5, 5.41) is 6.08. The van der Waals surface area contributed by atoms with Gasteiger partial charge in [-0.05, 0) is 59.4 Å². The molecule has 1 aliphatic rings. The zero-order valence-electron chi connectivity index (χ0n) is 13.5. The molecule has 116 valence electrons. The number of benzene rings is 3. The van der Waals surface area contributed by atoms with Crippen LogP contribution in [0.2, 0.25) is 0 Å². The lowest BCUT2D eigenvalue weighted by Gasteiger charge is -2.22. The van der Waals surface area contributed by atoms with Gasteiger partial charge >= 0.3 is 0 Å². The molecule has 0 spiro atoms. The van der Waals surface area contributed by atoms with Gasteiger partial charge in [-0.15, -0.1) is 0 Å². The summed E-state index contributed by atoms with van der Waals surface area (Å²) in [6.07, 6.45) is 6.91. The minimum absolute atomic E-state index is 0.776. The third kappa shape index (κ3) is 3.24. The molecule has 1 nitrogen and oxygen atoms in total. The first-order valence-electron chi connectivity index (χ1n) is 8.74. The maximum Gasteiger partial charge on any atom is 0.0390 e. The second-order valence-corrected chi connectivity index (χ2v) is 6.64. The molecule has 1 saturated carbocycles. The Bertz CT molecular complexity index is 782. The molecule has 0 radical (unpaired) electrons. The topological polar surface area (TPSA) is 12.0 Å². The van der Waals surface area contributed by atoms with Gasteiger partial charge in [0.05, 0.1) is 0 Å². The summed E-state index contributed by atoms with van der Waals surface area (Å²) in [6, 6.07) is 24.1. The van der Waals surface area contributed by atoms with Crippen LogP contribution in [0.5, 0.6) is 0 Å². The summed E-state index contributed by atoms with van der Waals surface area (Å²) in [5.41, 5.74) is 3.82. The molecule has 0 bridgehead atoms. The maximum atomic E-state index is 3.53. The number of nitrogens with one attached hydrogen (secondary N) is 1. The zero-order valence-corrected chi connectivity index (χ0v) is 13.5. The fraction of sp³-hybridized carbons (Fsp3) is 0.273. The highest BCUT2D eigenvalue weighted by Gasteiger charge is 2.14. The molecule has 3 aromatic rings. The van der Waals surface area contributed by atoms with E-state index >= 15 is 0 Å². The molecule has 0 aliphatic heterocycles. The van der Waals surface area contributed by atoms with Crippen LogP contribution < -0.4 is 5.32 Å². The lowest BCUT2D eigenvalue weighted by Crippen LogP contribution is -2.04. The molecule has 0 saturated heterocycles. The number of anilines is 2. The Morgan fingerprint density at radius 2 is 1.35 bits per heavy atom. The van der Waals surface area contributed by atoms with Gasteiger partial charge in [-0.3, -0.25) is 0 Å². The lowest BCUT2D eigenvalue weighted by atomic mass is 9.84. The molecular formula is C22H23N. The number of fused-ring (bicyclic) bond motifs is 1. The van der Waals surface area contributed by atoms with Crippen molar-refractivity contribution >= 4 is 22.1 Å². The quantitative estimate of drug-likeness (QED) is 0.572. The van der Waals surface area contributed by atoms with E-state index in [9.17, 15) is 0 Å². The van der Waals surface area contributed by atoms with Crippen LogP contribution >= 0.6 is 0 Å². The monoisotopic (exact) mass is 301 g/mol. The molecule has 3 aromatic carbocycles. The summed E-state index contributed by atoms with van der Waals surface area (Å²) in [7, 11) is 0. The van der Waals surface area contributed by atoms with Crippen molar-refractivity contribution < 1.29 is 0 Å². The van der Waals surface area contributed by atoms with E-state index in [-0.39, 0.29) is 0 Å². The molecule has 1 heteroatoms. The molecule has 1 aliphatic carbocycles.